The number of rotatable bonds is 0. The molecule has 0 saturated heterocycles. The molecule has 1 aliphatic rings. The third-order valence-electron chi connectivity index (χ3n) is 2.15. The van der Waals surface area contributed by atoms with Crippen molar-refractivity contribution in [2.75, 3.05) is 5.73 Å². The monoisotopic (exact) mass is 178 g/mol. The normalized spacial score (nSPS) is 18.9. The molecule has 3 nitrogen and oxygen atoms in total. The molecule has 0 fully saturated rings. The van der Waals surface area contributed by atoms with Gasteiger partial charge < -0.3 is 10.6 Å². The minimum absolute atomic E-state index is 0.0131. The molecule has 2 rings (SSSR count). The zero-order valence-electron chi connectivity index (χ0n) is 7.92. The highest BCUT2D eigenvalue weighted by molar-refractivity contribution is 5.49. The second-order valence-electron chi connectivity index (χ2n) is 4.13. The topological polar surface area (TPSA) is 47.3 Å². The van der Waals surface area contributed by atoms with Crippen molar-refractivity contribution in [2.45, 2.75) is 25.8 Å². The van der Waals surface area contributed by atoms with E-state index in [9.17, 15) is 0 Å². The molecule has 70 valence electrons. The standard InChI is InChI=1S/C10H14N2O/c1-10(2)6-7-5-8(11)3-4-9(7)13-12-10/h3-5,12H,6,11H2,1-2H3. The zero-order valence-corrected chi connectivity index (χ0v) is 7.92. The molecule has 13 heavy (non-hydrogen) atoms. The largest absolute Gasteiger partial charge is 0.408 e. The van der Waals surface area contributed by atoms with Gasteiger partial charge in [0.05, 0.1) is 5.54 Å². The smallest absolute Gasteiger partial charge is 0.150 e. The minimum Gasteiger partial charge on any atom is -0.408 e. The van der Waals surface area contributed by atoms with Crippen LogP contribution in [-0.2, 0) is 6.42 Å². The molecule has 3 N–H and O–H groups in total. The van der Waals surface area contributed by atoms with Gasteiger partial charge in [-0.1, -0.05) is 0 Å². The first kappa shape index (κ1) is 8.38. The van der Waals surface area contributed by atoms with Crippen LogP contribution in [0.2, 0.25) is 0 Å². The lowest BCUT2D eigenvalue weighted by molar-refractivity contribution is 0.0882. The first-order valence-electron chi connectivity index (χ1n) is 4.39. The minimum atomic E-state index is -0.0131. The molecular formula is C10H14N2O. The number of hydrogen-bond acceptors (Lipinski definition) is 3. The summed E-state index contributed by atoms with van der Waals surface area (Å²) in [6, 6.07) is 5.71. The maximum absolute atomic E-state index is 5.69. The molecule has 0 aromatic heterocycles. The average Bonchev–Trinajstić information content (AvgIpc) is 2.01. The fraction of sp³-hybridized carbons (Fsp3) is 0.400. The van der Waals surface area contributed by atoms with E-state index in [0.717, 1.165) is 17.9 Å². The lowest BCUT2D eigenvalue weighted by Crippen LogP contribution is -2.46. The van der Waals surface area contributed by atoms with E-state index in [1.165, 1.54) is 5.56 Å². The lowest BCUT2D eigenvalue weighted by atomic mass is 9.94. The van der Waals surface area contributed by atoms with Gasteiger partial charge in [0.1, 0.15) is 0 Å². The Morgan fingerprint density at radius 2 is 2.23 bits per heavy atom. The number of fused-ring (bicyclic) bond motifs is 1. The van der Waals surface area contributed by atoms with Crippen molar-refractivity contribution >= 4 is 5.69 Å². The molecule has 1 aromatic rings. The van der Waals surface area contributed by atoms with Crippen LogP contribution in [0.3, 0.4) is 0 Å². The third kappa shape index (κ3) is 1.60. The Labute approximate surface area is 77.8 Å². The van der Waals surface area contributed by atoms with Gasteiger partial charge in [0.2, 0.25) is 0 Å². The highest BCUT2D eigenvalue weighted by Crippen LogP contribution is 2.28. The maximum atomic E-state index is 5.69. The number of hydroxylamine groups is 1. The van der Waals surface area contributed by atoms with E-state index in [0.29, 0.717) is 0 Å². The molecule has 0 atom stereocenters. The van der Waals surface area contributed by atoms with Crippen LogP contribution in [0.5, 0.6) is 5.75 Å². The third-order valence-corrected chi connectivity index (χ3v) is 2.15. The van der Waals surface area contributed by atoms with Gasteiger partial charge in [-0.2, -0.15) is 5.48 Å². The summed E-state index contributed by atoms with van der Waals surface area (Å²) < 4.78 is 0. The number of anilines is 1. The van der Waals surface area contributed by atoms with Gasteiger partial charge >= 0.3 is 0 Å². The molecular weight excluding hydrogens is 164 g/mol. The first-order chi connectivity index (χ1) is 6.07. The van der Waals surface area contributed by atoms with Gasteiger partial charge in [0.15, 0.2) is 5.75 Å². The number of nitrogen functional groups attached to an aromatic ring is 1. The number of benzene rings is 1. The summed E-state index contributed by atoms with van der Waals surface area (Å²) in [7, 11) is 0. The Bertz CT molecular complexity index is 334. The summed E-state index contributed by atoms with van der Waals surface area (Å²) in [5.74, 6) is 0.883. The van der Waals surface area contributed by atoms with Crippen LogP contribution in [0.15, 0.2) is 18.2 Å². The Balaban J connectivity index is 2.38. The molecule has 0 saturated carbocycles. The summed E-state index contributed by atoms with van der Waals surface area (Å²) >= 11 is 0. The number of nitrogens with one attached hydrogen (secondary N) is 1. The summed E-state index contributed by atoms with van der Waals surface area (Å²) in [6.45, 7) is 4.19. The van der Waals surface area contributed by atoms with Gasteiger partial charge in [0.25, 0.3) is 0 Å². The molecule has 0 bridgehead atoms. The van der Waals surface area contributed by atoms with Gasteiger partial charge in [0, 0.05) is 11.3 Å². The van der Waals surface area contributed by atoms with Crippen molar-refractivity contribution in [1.82, 2.24) is 5.48 Å². The Kier molecular flexibility index (Phi) is 1.70. The van der Waals surface area contributed by atoms with Crippen molar-refractivity contribution in [3.63, 3.8) is 0 Å². The molecule has 0 spiro atoms. The van der Waals surface area contributed by atoms with Crippen LogP contribution in [-0.4, -0.2) is 5.54 Å². The van der Waals surface area contributed by atoms with E-state index >= 15 is 0 Å². The summed E-state index contributed by atoms with van der Waals surface area (Å²) in [5, 5.41) is 0. The quantitative estimate of drug-likeness (QED) is 0.592. The van der Waals surface area contributed by atoms with Crippen LogP contribution in [0, 0.1) is 0 Å². The predicted octanol–water partition coefficient (Wildman–Crippen LogP) is 1.49. The van der Waals surface area contributed by atoms with Gasteiger partial charge in [-0.3, -0.25) is 0 Å². The van der Waals surface area contributed by atoms with Gasteiger partial charge in [-0.15, -0.1) is 0 Å². The lowest BCUT2D eigenvalue weighted by Gasteiger charge is -2.32. The average molecular weight is 178 g/mol. The zero-order chi connectivity index (χ0) is 9.47. The van der Waals surface area contributed by atoms with E-state index in [1.54, 1.807) is 0 Å². The van der Waals surface area contributed by atoms with Crippen LogP contribution in [0.1, 0.15) is 19.4 Å². The van der Waals surface area contributed by atoms with E-state index in [1.807, 2.05) is 18.2 Å². The summed E-state index contributed by atoms with van der Waals surface area (Å²) in [4.78, 5) is 5.39. The number of nitrogens with two attached hydrogens (primary N) is 1. The van der Waals surface area contributed by atoms with E-state index in [4.69, 9.17) is 10.6 Å². The molecule has 1 aromatic carbocycles. The molecule has 0 aliphatic carbocycles. The van der Waals surface area contributed by atoms with Crippen LogP contribution < -0.4 is 16.1 Å². The first-order valence-corrected chi connectivity index (χ1v) is 4.39. The van der Waals surface area contributed by atoms with Crippen molar-refractivity contribution in [2.24, 2.45) is 0 Å². The highest BCUT2D eigenvalue weighted by Gasteiger charge is 2.26. The van der Waals surface area contributed by atoms with E-state index in [2.05, 4.69) is 19.3 Å². The van der Waals surface area contributed by atoms with Crippen LogP contribution >= 0.6 is 0 Å². The van der Waals surface area contributed by atoms with Gasteiger partial charge in [-0.25, -0.2) is 0 Å². The van der Waals surface area contributed by atoms with Crippen molar-refractivity contribution in [3.05, 3.63) is 23.8 Å². The fourth-order valence-corrected chi connectivity index (χ4v) is 1.54. The van der Waals surface area contributed by atoms with E-state index in [-0.39, 0.29) is 5.54 Å². The molecule has 1 aliphatic heterocycles. The van der Waals surface area contributed by atoms with Crippen molar-refractivity contribution in [3.8, 4) is 5.75 Å². The van der Waals surface area contributed by atoms with E-state index < -0.39 is 0 Å². The molecule has 0 unspecified atom stereocenters. The Morgan fingerprint density at radius 3 is 3.00 bits per heavy atom. The number of hydrogen-bond donors (Lipinski definition) is 2. The van der Waals surface area contributed by atoms with Crippen LogP contribution in [0.25, 0.3) is 0 Å². The Morgan fingerprint density at radius 1 is 1.46 bits per heavy atom. The maximum Gasteiger partial charge on any atom is 0.150 e. The van der Waals surface area contributed by atoms with Crippen molar-refractivity contribution < 1.29 is 4.84 Å². The molecule has 0 radical (unpaired) electrons. The summed E-state index contributed by atoms with van der Waals surface area (Å²) in [6.07, 6.45) is 0.938. The molecule has 3 heteroatoms. The highest BCUT2D eigenvalue weighted by atomic mass is 16.7. The SMILES string of the molecule is CC1(C)Cc2cc(N)ccc2ON1. The Hall–Kier alpha value is -1.22. The second-order valence-corrected chi connectivity index (χ2v) is 4.13. The summed E-state index contributed by atoms with van der Waals surface area (Å²) in [5.41, 5.74) is 10.6. The fourth-order valence-electron chi connectivity index (χ4n) is 1.54. The van der Waals surface area contributed by atoms with Crippen LogP contribution in [0.4, 0.5) is 5.69 Å². The van der Waals surface area contributed by atoms with Crippen molar-refractivity contribution in [1.29, 1.82) is 0 Å². The predicted molar refractivity (Wildman–Crippen MR) is 52.4 cm³/mol. The molecule has 0 amide bonds. The molecule has 1 heterocycles. The second kappa shape index (κ2) is 2.64. The van der Waals surface area contributed by atoms with Gasteiger partial charge in [-0.05, 0) is 38.5 Å².